The third kappa shape index (κ3) is 3.27. The molecule has 3 rings (SSSR count). The lowest BCUT2D eigenvalue weighted by molar-refractivity contribution is 0.0593. The molecule has 124 valence electrons. The standard InChI is InChI=1S/C19H16N4O2/c1-25-19(24)17-10-18(15-6-2-13(11-20)3-7-15)23(22-17)16-8-4-14(12-21)5-9-16/h2-10H,11,20H2,1H3. The summed E-state index contributed by atoms with van der Waals surface area (Å²) in [6.45, 7) is 0.461. The van der Waals surface area contributed by atoms with E-state index in [2.05, 4.69) is 11.2 Å². The van der Waals surface area contributed by atoms with Crippen LogP contribution in [0.5, 0.6) is 0 Å². The van der Waals surface area contributed by atoms with Crippen LogP contribution in [0.1, 0.15) is 21.6 Å². The molecule has 0 unspecified atom stereocenters. The Morgan fingerprint density at radius 1 is 1.20 bits per heavy atom. The van der Waals surface area contributed by atoms with Crippen LogP contribution in [0.3, 0.4) is 0 Å². The van der Waals surface area contributed by atoms with Gasteiger partial charge < -0.3 is 10.5 Å². The number of methoxy groups -OCH3 is 1. The summed E-state index contributed by atoms with van der Waals surface area (Å²) in [5.41, 5.74) is 9.80. The number of hydrogen-bond donors (Lipinski definition) is 1. The van der Waals surface area contributed by atoms with Gasteiger partial charge in [0.15, 0.2) is 5.69 Å². The molecule has 6 heteroatoms. The van der Waals surface area contributed by atoms with Crippen molar-refractivity contribution in [1.29, 1.82) is 5.26 Å². The van der Waals surface area contributed by atoms with E-state index in [4.69, 9.17) is 15.7 Å². The second kappa shape index (κ2) is 6.99. The highest BCUT2D eigenvalue weighted by molar-refractivity contribution is 5.89. The fraction of sp³-hybridized carbons (Fsp3) is 0.105. The van der Waals surface area contributed by atoms with E-state index in [-0.39, 0.29) is 5.69 Å². The first-order valence-corrected chi connectivity index (χ1v) is 7.64. The quantitative estimate of drug-likeness (QED) is 0.741. The SMILES string of the molecule is COC(=O)c1cc(-c2ccc(CN)cc2)n(-c2ccc(C#N)cc2)n1. The van der Waals surface area contributed by atoms with Gasteiger partial charge in [-0.1, -0.05) is 24.3 Å². The van der Waals surface area contributed by atoms with Gasteiger partial charge in [-0.2, -0.15) is 10.4 Å². The molecule has 0 fully saturated rings. The van der Waals surface area contributed by atoms with Crippen molar-refractivity contribution in [2.24, 2.45) is 5.73 Å². The average Bonchev–Trinajstić information content (AvgIpc) is 3.13. The van der Waals surface area contributed by atoms with Gasteiger partial charge >= 0.3 is 5.97 Å². The Hall–Kier alpha value is -3.43. The van der Waals surface area contributed by atoms with Gasteiger partial charge in [0.25, 0.3) is 0 Å². The molecule has 2 aromatic carbocycles. The fourth-order valence-corrected chi connectivity index (χ4v) is 2.48. The molecule has 2 N–H and O–H groups in total. The van der Waals surface area contributed by atoms with Crippen molar-refractivity contribution in [3.63, 3.8) is 0 Å². The van der Waals surface area contributed by atoms with Crippen LogP contribution in [0, 0.1) is 11.3 Å². The number of aromatic nitrogens is 2. The first kappa shape index (κ1) is 16.4. The zero-order valence-electron chi connectivity index (χ0n) is 13.6. The number of esters is 1. The minimum absolute atomic E-state index is 0.213. The number of ether oxygens (including phenoxy) is 1. The predicted octanol–water partition coefficient (Wildman–Crippen LogP) is 2.66. The van der Waals surface area contributed by atoms with Gasteiger partial charge in [-0.05, 0) is 35.9 Å². The predicted molar refractivity (Wildman–Crippen MR) is 92.9 cm³/mol. The fourth-order valence-electron chi connectivity index (χ4n) is 2.48. The molecule has 6 nitrogen and oxygen atoms in total. The summed E-state index contributed by atoms with van der Waals surface area (Å²) < 4.78 is 6.43. The average molecular weight is 332 g/mol. The van der Waals surface area contributed by atoms with Gasteiger partial charge in [-0.3, -0.25) is 0 Å². The van der Waals surface area contributed by atoms with Crippen LogP contribution in [-0.2, 0) is 11.3 Å². The molecule has 0 bridgehead atoms. The molecule has 1 aromatic heterocycles. The molecular weight excluding hydrogens is 316 g/mol. The second-order valence-electron chi connectivity index (χ2n) is 5.38. The molecular formula is C19H16N4O2. The van der Waals surface area contributed by atoms with E-state index < -0.39 is 5.97 Å². The summed E-state index contributed by atoms with van der Waals surface area (Å²) >= 11 is 0. The van der Waals surface area contributed by atoms with Gasteiger partial charge in [0.1, 0.15) is 0 Å². The van der Waals surface area contributed by atoms with Gasteiger partial charge in [0.05, 0.1) is 30.1 Å². The number of rotatable bonds is 4. The van der Waals surface area contributed by atoms with E-state index >= 15 is 0 Å². The van der Waals surface area contributed by atoms with Crippen LogP contribution in [0.2, 0.25) is 0 Å². The molecule has 0 amide bonds. The van der Waals surface area contributed by atoms with Crippen LogP contribution in [0.4, 0.5) is 0 Å². The number of benzene rings is 2. The van der Waals surface area contributed by atoms with Crippen LogP contribution in [0.25, 0.3) is 16.9 Å². The molecule has 0 aliphatic carbocycles. The Morgan fingerprint density at radius 2 is 1.88 bits per heavy atom. The maximum atomic E-state index is 11.9. The van der Waals surface area contributed by atoms with Crippen LogP contribution in [0.15, 0.2) is 54.6 Å². The molecule has 0 radical (unpaired) electrons. The molecule has 3 aromatic rings. The molecule has 25 heavy (non-hydrogen) atoms. The van der Waals surface area contributed by atoms with Crippen molar-refractivity contribution in [2.75, 3.05) is 7.11 Å². The van der Waals surface area contributed by atoms with Crippen LogP contribution < -0.4 is 5.73 Å². The lowest BCUT2D eigenvalue weighted by atomic mass is 10.1. The number of hydrogen-bond acceptors (Lipinski definition) is 5. The molecule has 0 atom stereocenters. The summed E-state index contributed by atoms with van der Waals surface area (Å²) in [5.74, 6) is -0.507. The lowest BCUT2D eigenvalue weighted by Crippen LogP contribution is -2.04. The first-order chi connectivity index (χ1) is 12.2. The Morgan fingerprint density at radius 3 is 2.44 bits per heavy atom. The topological polar surface area (TPSA) is 93.9 Å². The summed E-state index contributed by atoms with van der Waals surface area (Å²) in [4.78, 5) is 11.9. The smallest absolute Gasteiger partial charge is 0.358 e. The molecule has 0 aliphatic rings. The van der Waals surface area contributed by atoms with Crippen LogP contribution in [-0.4, -0.2) is 22.9 Å². The second-order valence-corrected chi connectivity index (χ2v) is 5.38. The molecule has 0 aliphatic heterocycles. The summed E-state index contributed by atoms with van der Waals surface area (Å²) in [7, 11) is 1.32. The van der Waals surface area contributed by atoms with Crippen molar-refractivity contribution in [3.05, 3.63) is 71.4 Å². The Balaban J connectivity index is 2.12. The van der Waals surface area contributed by atoms with Crippen molar-refractivity contribution in [3.8, 4) is 23.0 Å². The third-order valence-electron chi connectivity index (χ3n) is 3.83. The van der Waals surface area contributed by atoms with Gasteiger partial charge in [0.2, 0.25) is 0 Å². The summed E-state index contributed by atoms with van der Waals surface area (Å²) in [6.07, 6.45) is 0. The Kier molecular flexibility index (Phi) is 4.59. The maximum Gasteiger partial charge on any atom is 0.358 e. The van der Waals surface area contributed by atoms with Crippen molar-refractivity contribution < 1.29 is 9.53 Å². The van der Waals surface area contributed by atoms with Gasteiger partial charge in [0, 0.05) is 12.1 Å². The molecule has 0 spiro atoms. The number of nitriles is 1. The zero-order chi connectivity index (χ0) is 17.8. The monoisotopic (exact) mass is 332 g/mol. The van der Waals surface area contributed by atoms with E-state index in [0.717, 1.165) is 22.5 Å². The van der Waals surface area contributed by atoms with Gasteiger partial charge in [-0.15, -0.1) is 0 Å². The highest BCUT2D eigenvalue weighted by Crippen LogP contribution is 2.25. The first-order valence-electron chi connectivity index (χ1n) is 7.64. The molecule has 0 saturated heterocycles. The highest BCUT2D eigenvalue weighted by atomic mass is 16.5. The van der Waals surface area contributed by atoms with Crippen molar-refractivity contribution in [1.82, 2.24) is 9.78 Å². The van der Waals surface area contributed by atoms with Crippen molar-refractivity contribution in [2.45, 2.75) is 6.54 Å². The molecule has 1 heterocycles. The summed E-state index contributed by atoms with van der Waals surface area (Å²) in [6, 6.07) is 18.5. The van der Waals surface area contributed by atoms with E-state index in [1.165, 1.54) is 7.11 Å². The Bertz CT molecular complexity index is 935. The normalized spacial score (nSPS) is 10.3. The van der Waals surface area contributed by atoms with E-state index in [1.54, 1.807) is 35.0 Å². The minimum atomic E-state index is -0.507. The third-order valence-corrected chi connectivity index (χ3v) is 3.83. The summed E-state index contributed by atoms with van der Waals surface area (Å²) in [5, 5.41) is 13.3. The van der Waals surface area contributed by atoms with Crippen molar-refractivity contribution >= 4 is 5.97 Å². The van der Waals surface area contributed by atoms with E-state index in [1.807, 2.05) is 24.3 Å². The zero-order valence-corrected chi connectivity index (χ0v) is 13.6. The molecule has 0 saturated carbocycles. The number of carbonyl (C=O) groups excluding carboxylic acids is 1. The van der Waals surface area contributed by atoms with Crippen LogP contribution >= 0.6 is 0 Å². The number of nitrogens with zero attached hydrogens (tertiary/aromatic N) is 3. The minimum Gasteiger partial charge on any atom is -0.464 e. The highest BCUT2D eigenvalue weighted by Gasteiger charge is 2.17. The number of nitrogens with two attached hydrogens (primary N) is 1. The largest absolute Gasteiger partial charge is 0.464 e. The van der Waals surface area contributed by atoms with Gasteiger partial charge in [-0.25, -0.2) is 9.48 Å². The maximum absolute atomic E-state index is 11.9. The number of carbonyl (C=O) groups is 1. The lowest BCUT2D eigenvalue weighted by Gasteiger charge is -2.08. The van der Waals surface area contributed by atoms with E-state index in [9.17, 15) is 4.79 Å². The Labute approximate surface area is 145 Å². The van der Waals surface area contributed by atoms with E-state index in [0.29, 0.717) is 12.1 Å².